The second-order valence-electron chi connectivity index (χ2n) is 3.53. The van der Waals surface area contributed by atoms with Crippen molar-refractivity contribution in [1.29, 1.82) is 0 Å². The minimum atomic E-state index is 0.0182. The summed E-state index contributed by atoms with van der Waals surface area (Å²) in [6, 6.07) is 0. The Morgan fingerprint density at radius 3 is 1.64 bits per heavy atom. The summed E-state index contributed by atoms with van der Waals surface area (Å²) in [4.78, 5) is 32.8. The fourth-order valence-electron chi connectivity index (χ4n) is 1.12. The van der Waals surface area contributed by atoms with Crippen molar-refractivity contribution in [1.82, 2.24) is 0 Å². The number of hydrogen-bond donors (Lipinski definition) is 0. The first kappa shape index (κ1) is 13.0. The largest absolute Gasteiger partial charge is 0.300 e. The molecule has 0 amide bonds. The van der Waals surface area contributed by atoms with Crippen LogP contribution in [0.2, 0.25) is 0 Å². The highest BCUT2D eigenvalue weighted by Gasteiger charge is 2.07. The van der Waals surface area contributed by atoms with E-state index in [0.29, 0.717) is 25.7 Å². The van der Waals surface area contributed by atoms with E-state index < -0.39 is 0 Å². The van der Waals surface area contributed by atoms with Crippen LogP contribution in [0.3, 0.4) is 0 Å². The number of carbonyl (C=O) groups excluding carboxylic acids is 3. The molecule has 3 heteroatoms. The zero-order chi connectivity index (χ0) is 11.0. The van der Waals surface area contributed by atoms with Gasteiger partial charge in [-0.15, -0.1) is 0 Å². The van der Waals surface area contributed by atoms with Gasteiger partial charge in [-0.2, -0.15) is 0 Å². The molecule has 0 rings (SSSR count). The maximum absolute atomic E-state index is 11.2. The number of Topliss-reactive ketones (excluding diaryl/α,β-unsaturated/α-hetero) is 3. The lowest BCUT2D eigenvalue weighted by Crippen LogP contribution is -2.05. The molecule has 0 aromatic heterocycles. The molecule has 0 aliphatic carbocycles. The van der Waals surface area contributed by atoms with Crippen molar-refractivity contribution in [3.63, 3.8) is 0 Å². The SMILES string of the molecule is CCCC(=O)CCC(=O)CCC(C)=O. The van der Waals surface area contributed by atoms with E-state index >= 15 is 0 Å². The monoisotopic (exact) mass is 198 g/mol. The zero-order valence-electron chi connectivity index (χ0n) is 8.97. The number of carbonyl (C=O) groups is 3. The molecule has 14 heavy (non-hydrogen) atoms. The molecule has 0 heterocycles. The Morgan fingerprint density at radius 2 is 1.21 bits per heavy atom. The highest BCUT2D eigenvalue weighted by Crippen LogP contribution is 2.03. The van der Waals surface area contributed by atoms with Gasteiger partial charge in [0.1, 0.15) is 17.3 Å². The topological polar surface area (TPSA) is 51.2 Å². The van der Waals surface area contributed by atoms with Crippen LogP contribution >= 0.6 is 0 Å². The number of ketones is 3. The lowest BCUT2D eigenvalue weighted by atomic mass is 10.1. The summed E-state index contributed by atoms with van der Waals surface area (Å²) >= 11 is 0. The van der Waals surface area contributed by atoms with Gasteiger partial charge in [-0.05, 0) is 13.3 Å². The molecule has 0 aliphatic rings. The predicted molar refractivity (Wildman–Crippen MR) is 54.1 cm³/mol. The maximum atomic E-state index is 11.2. The molecule has 0 N–H and O–H groups in total. The Morgan fingerprint density at radius 1 is 0.786 bits per heavy atom. The van der Waals surface area contributed by atoms with E-state index in [0.717, 1.165) is 6.42 Å². The maximum Gasteiger partial charge on any atom is 0.133 e. The zero-order valence-corrected chi connectivity index (χ0v) is 8.97. The molecule has 0 atom stereocenters. The molecule has 0 fully saturated rings. The number of hydrogen-bond acceptors (Lipinski definition) is 3. The molecule has 0 aromatic rings. The Labute approximate surface area is 84.9 Å². The van der Waals surface area contributed by atoms with Gasteiger partial charge in [0.25, 0.3) is 0 Å². The van der Waals surface area contributed by atoms with Gasteiger partial charge in [0.2, 0.25) is 0 Å². The molecule has 0 bridgehead atoms. The quantitative estimate of drug-likeness (QED) is 0.600. The predicted octanol–water partition coefficient (Wildman–Crippen LogP) is 2.07. The third-order valence-corrected chi connectivity index (χ3v) is 1.97. The minimum Gasteiger partial charge on any atom is -0.300 e. The molecule has 0 aliphatic heterocycles. The molecule has 0 saturated heterocycles. The lowest BCUT2D eigenvalue weighted by Gasteiger charge is -1.98. The highest BCUT2D eigenvalue weighted by molar-refractivity contribution is 5.88. The van der Waals surface area contributed by atoms with Crippen LogP contribution in [0.15, 0.2) is 0 Å². The van der Waals surface area contributed by atoms with Crippen LogP contribution in [0.25, 0.3) is 0 Å². The van der Waals surface area contributed by atoms with Crippen molar-refractivity contribution in [2.75, 3.05) is 0 Å². The average molecular weight is 198 g/mol. The second kappa shape index (κ2) is 7.42. The molecule has 0 saturated carbocycles. The first-order chi connectivity index (χ1) is 6.56. The van der Waals surface area contributed by atoms with Gasteiger partial charge in [-0.1, -0.05) is 6.92 Å². The van der Waals surface area contributed by atoms with E-state index in [4.69, 9.17) is 0 Å². The van der Waals surface area contributed by atoms with Crippen LogP contribution in [0.5, 0.6) is 0 Å². The van der Waals surface area contributed by atoms with Gasteiger partial charge in [0, 0.05) is 32.1 Å². The van der Waals surface area contributed by atoms with E-state index in [1.54, 1.807) is 0 Å². The van der Waals surface area contributed by atoms with E-state index in [1.807, 2.05) is 6.92 Å². The van der Waals surface area contributed by atoms with E-state index in [-0.39, 0.29) is 23.8 Å². The fraction of sp³-hybridized carbons (Fsp3) is 0.727. The Hall–Kier alpha value is -0.990. The van der Waals surface area contributed by atoms with E-state index in [9.17, 15) is 14.4 Å². The summed E-state index contributed by atoms with van der Waals surface area (Å²) in [6.07, 6.45) is 2.62. The second-order valence-corrected chi connectivity index (χ2v) is 3.53. The Balaban J connectivity index is 3.53. The average Bonchev–Trinajstić information content (AvgIpc) is 2.12. The van der Waals surface area contributed by atoms with E-state index in [1.165, 1.54) is 6.92 Å². The standard InChI is InChI=1S/C11H18O3/c1-3-4-10(13)7-8-11(14)6-5-9(2)12/h3-8H2,1-2H3. The summed E-state index contributed by atoms with van der Waals surface area (Å²) in [5.74, 6) is 0.187. The van der Waals surface area contributed by atoms with Gasteiger partial charge in [-0.3, -0.25) is 9.59 Å². The fourth-order valence-corrected chi connectivity index (χ4v) is 1.12. The molecule has 80 valence electrons. The molecule has 3 nitrogen and oxygen atoms in total. The summed E-state index contributed by atoms with van der Waals surface area (Å²) in [7, 11) is 0. The normalized spacial score (nSPS) is 9.86. The van der Waals surface area contributed by atoms with Crippen molar-refractivity contribution in [2.24, 2.45) is 0 Å². The molecule has 0 spiro atoms. The molecule has 0 radical (unpaired) electrons. The van der Waals surface area contributed by atoms with Crippen LogP contribution in [-0.2, 0) is 14.4 Å². The molecular weight excluding hydrogens is 180 g/mol. The van der Waals surface area contributed by atoms with Crippen LogP contribution in [0.1, 0.15) is 52.4 Å². The summed E-state index contributed by atoms with van der Waals surface area (Å²) < 4.78 is 0. The third kappa shape index (κ3) is 7.65. The highest BCUT2D eigenvalue weighted by atomic mass is 16.1. The van der Waals surface area contributed by atoms with Gasteiger partial charge in [0.05, 0.1) is 0 Å². The van der Waals surface area contributed by atoms with Gasteiger partial charge < -0.3 is 4.79 Å². The molecule has 0 aromatic carbocycles. The minimum absolute atomic E-state index is 0.0182. The van der Waals surface area contributed by atoms with Gasteiger partial charge >= 0.3 is 0 Å². The van der Waals surface area contributed by atoms with Crippen molar-refractivity contribution in [2.45, 2.75) is 52.4 Å². The van der Waals surface area contributed by atoms with Crippen molar-refractivity contribution < 1.29 is 14.4 Å². The third-order valence-electron chi connectivity index (χ3n) is 1.97. The number of rotatable bonds is 8. The van der Waals surface area contributed by atoms with E-state index in [2.05, 4.69) is 0 Å². The first-order valence-corrected chi connectivity index (χ1v) is 5.09. The lowest BCUT2D eigenvalue weighted by molar-refractivity contribution is -0.125. The molecule has 0 unspecified atom stereocenters. The smallest absolute Gasteiger partial charge is 0.133 e. The van der Waals surface area contributed by atoms with Crippen molar-refractivity contribution >= 4 is 17.3 Å². The van der Waals surface area contributed by atoms with Gasteiger partial charge in [0.15, 0.2) is 0 Å². The summed E-state index contributed by atoms with van der Waals surface area (Å²) in [6.45, 7) is 3.41. The first-order valence-electron chi connectivity index (χ1n) is 5.09. The Kier molecular flexibility index (Phi) is 6.89. The van der Waals surface area contributed by atoms with Crippen LogP contribution in [-0.4, -0.2) is 17.3 Å². The van der Waals surface area contributed by atoms with Crippen LogP contribution in [0, 0.1) is 0 Å². The Bertz CT molecular complexity index is 219. The van der Waals surface area contributed by atoms with Crippen molar-refractivity contribution in [3.05, 3.63) is 0 Å². The van der Waals surface area contributed by atoms with Crippen LogP contribution < -0.4 is 0 Å². The summed E-state index contributed by atoms with van der Waals surface area (Å²) in [5.41, 5.74) is 0. The molecular formula is C11H18O3. The van der Waals surface area contributed by atoms with Crippen LogP contribution in [0.4, 0.5) is 0 Å². The summed E-state index contributed by atoms with van der Waals surface area (Å²) in [5, 5.41) is 0. The van der Waals surface area contributed by atoms with Gasteiger partial charge in [-0.25, -0.2) is 0 Å². The van der Waals surface area contributed by atoms with Crippen molar-refractivity contribution in [3.8, 4) is 0 Å².